The SMILES string of the molecule is Cc1cc(Cl)ccc1NC(=O)C[NH+]1CCN(c2ccc(F)cc2)CC1. The maximum Gasteiger partial charge on any atom is 0.279 e. The zero-order valence-electron chi connectivity index (χ0n) is 14.2. The van der Waals surface area contributed by atoms with Gasteiger partial charge >= 0.3 is 0 Å². The zero-order chi connectivity index (χ0) is 17.8. The van der Waals surface area contributed by atoms with Gasteiger partial charge in [-0.25, -0.2) is 4.39 Å². The van der Waals surface area contributed by atoms with Gasteiger partial charge in [-0.3, -0.25) is 4.79 Å². The molecule has 1 heterocycles. The molecular weight excluding hydrogens is 341 g/mol. The van der Waals surface area contributed by atoms with Crippen molar-refractivity contribution in [2.45, 2.75) is 6.92 Å². The van der Waals surface area contributed by atoms with Gasteiger partial charge in [-0.2, -0.15) is 0 Å². The fourth-order valence-corrected chi connectivity index (χ4v) is 3.33. The molecule has 0 aromatic heterocycles. The predicted octanol–water partition coefficient (Wildman–Crippen LogP) is 2.13. The standard InChI is InChI=1S/C19H21ClFN3O/c1-14-12-15(20)2-7-18(14)22-19(25)13-23-8-10-24(11-9-23)17-5-3-16(21)4-6-17/h2-7,12H,8-11,13H2,1H3,(H,22,25)/p+1. The molecule has 1 amide bonds. The zero-order valence-corrected chi connectivity index (χ0v) is 14.9. The highest BCUT2D eigenvalue weighted by Gasteiger charge is 2.22. The number of benzene rings is 2. The number of aryl methyl sites for hydroxylation is 1. The first-order valence-corrected chi connectivity index (χ1v) is 8.79. The van der Waals surface area contributed by atoms with Gasteiger partial charge in [0.1, 0.15) is 5.82 Å². The minimum absolute atomic E-state index is 0.00987. The van der Waals surface area contributed by atoms with Crippen LogP contribution in [0.25, 0.3) is 0 Å². The molecule has 2 aromatic rings. The Morgan fingerprint density at radius 3 is 2.52 bits per heavy atom. The van der Waals surface area contributed by atoms with Crippen molar-refractivity contribution in [1.82, 2.24) is 0 Å². The first-order valence-electron chi connectivity index (χ1n) is 8.41. The number of amides is 1. The number of piperazine rings is 1. The highest BCUT2D eigenvalue weighted by molar-refractivity contribution is 6.30. The lowest BCUT2D eigenvalue weighted by Crippen LogP contribution is -3.15. The number of hydrogen-bond acceptors (Lipinski definition) is 2. The molecule has 0 atom stereocenters. The number of carbonyl (C=O) groups excluding carboxylic acids is 1. The van der Waals surface area contributed by atoms with Gasteiger partial charge in [0.05, 0.1) is 26.2 Å². The van der Waals surface area contributed by atoms with Gasteiger partial charge in [-0.1, -0.05) is 11.6 Å². The lowest BCUT2D eigenvalue weighted by molar-refractivity contribution is -0.892. The largest absolute Gasteiger partial charge is 0.360 e. The van der Waals surface area contributed by atoms with Gasteiger partial charge in [0, 0.05) is 16.4 Å². The molecule has 0 radical (unpaired) electrons. The molecule has 0 bridgehead atoms. The van der Waals surface area contributed by atoms with Crippen molar-refractivity contribution < 1.29 is 14.1 Å². The van der Waals surface area contributed by atoms with E-state index in [9.17, 15) is 9.18 Å². The van der Waals surface area contributed by atoms with Crippen LogP contribution in [0, 0.1) is 12.7 Å². The number of hydrogen-bond donors (Lipinski definition) is 2. The van der Waals surface area contributed by atoms with Crippen LogP contribution in [0.15, 0.2) is 42.5 Å². The molecule has 1 saturated heterocycles. The summed E-state index contributed by atoms with van der Waals surface area (Å²) >= 11 is 5.94. The maximum atomic E-state index is 13.0. The third kappa shape index (κ3) is 4.71. The van der Waals surface area contributed by atoms with Crippen molar-refractivity contribution >= 4 is 28.9 Å². The summed E-state index contributed by atoms with van der Waals surface area (Å²) in [5.41, 5.74) is 2.79. The van der Waals surface area contributed by atoms with E-state index in [1.807, 2.05) is 19.1 Å². The van der Waals surface area contributed by atoms with E-state index in [1.165, 1.54) is 17.0 Å². The van der Waals surface area contributed by atoms with Crippen molar-refractivity contribution in [3.63, 3.8) is 0 Å². The fourth-order valence-electron chi connectivity index (χ4n) is 3.10. The summed E-state index contributed by atoms with van der Waals surface area (Å²) in [5.74, 6) is -0.210. The minimum atomic E-state index is -0.220. The van der Waals surface area contributed by atoms with E-state index in [2.05, 4.69) is 10.2 Å². The third-order valence-corrected chi connectivity index (χ3v) is 4.77. The Morgan fingerprint density at radius 1 is 1.20 bits per heavy atom. The third-order valence-electron chi connectivity index (χ3n) is 4.54. The summed E-state index contributed by atoms with van der Waals surface area (Å²) < 4.78 is 13.0. The predicted molar refractivity (Wildman–Crippen MR) is 99.0 cm³/mol. The van der Waals surface area contributed by atoms with E-state index >= 15 is 0 Å². The summed E-state index contributed by atoms with van der Waals surface area (Å²) in [4.78, 5) is 15.8. The molecule has 1 fully saturated rings. The number of carbonyl (C=O) groups is 1. The van der Waals surface area contributed by atoms with Gasteiger partial charge in [0.25, 0.3) is 5.91 Å². The molecule has 0 saturated carbocycles. The Labute approximate surface area is 152 Å². The highest BCUT2D eigenvalue weighted by Crippen LogP contribution is 2.19. The van der Waals surface area contributed by atoms with Crippen LogP contribution in [0.2, 0.25) is 5.02 Å². The normalized spacial score (nSPS) is 15.2. The average molecular weight is 363 g/mol. The van der Waals surface area contributed by atoms with Gasteiger partial charge in [0.2, 0.25) is 0 Å². The molecule has 3 rings (SSSR count). The van der Waals surface area contributed by atoms with E-state index in [1.54, 1.807) is 18.2 Å². The Kier molecular flexibility index (Phi) is 5.56. The first kappa shape index (κ1) is 17.7. The van der Waals surface area contributed by atoms with Crippen molar-refractivity contribution in [1.29, 1.82) is 0 Å². The molecule has 0 unspecified atom stereocenters. The lowest BCUT2D eigenvalue weighted by Gasteiger charge is -2.33. The molecule has 2 aromatic carbocycles. The molecular formula is C19H22ClFN3O+. The van der Waals surface area contributed by atoms with E-state index in [0.717, 1.165) is 43.1 Å². The summed E-state index contributed by atoms with van der Waals surface area (Å²) in [5, 5.41) is 3.63. The van der Waals surface area contributed by atoms with Crippen LogP contribution in [-0.2, 0) is 4.79 Å². The van der Waals surface area contributed by atoms with Crippen LogP contribution in [0.4, 0.5) is 15.8 Å². The fraction of sp³-hybridized carbons (Fsp3) is 0.316. The summed E-state index contributed by atoms with van der Waals surface area (Å²) in [6.45, 7) is 5.84. The summed E-state index contributed by atoms with van der Waals surface area (Å²) in [7, 11) is 0. The second-order valence-corrected chi connectivity index (χ2v) is 6.83. The number of anilines is 2. The van der Waals surface area contributed by atoms with E-state index < -0.39 is 0 Å². The molecule has 132 valence electrons. The second kappa shape index (κ2) is 7.85. The van der Waals surface area contributed by atoms with Crippen molar-refractivity contribution in [3.8, 4) is 0 Å². The Balaban J connectivity index is 1.50. The van der Waals surface area contributed by atoms with Gasteiger partial charge in [-0.05, 0) is 55.0 Å². The van der Waals surface area contributed by atoms with Gasteiger partial charge < -0.3 is 15.1 Å². The van der Waals surface area contributed by atoms with E-state index in [4.69, 9.17) is 11.6 Å². The van der Waals surface area contributed by atoms with Crippen LogP contribution in [0.5, 0.6) is 0 Å². The average Bonchev–Trinajstić information content (AvgIpc) is 2.59. The molecule has 1 aliphatic rings. The molecule has 4 nitrogen and oxygen atoms in total. The van der Waals surface area contributed by atoms with E-state index in [0.29, 0.717) is 11.6 Å². The maximum absolute atomic E-state index is 13.0. The monoisotopic (exact) mass is 362 g/mol. The second-order valence-electron chi connectivity index (χ2n) is 6.40. The van der Waals surface area contributed by atoms with Crippen molar-refractivity contribution in [2.24, 2.45) is 0 Å². The number of quaternary nitrogens is 1. The van der Waals surface area contributed by atoms with Crippen LogP contribution in [0.1, 0.15) is 5.56 Å². The lowest BCUT2D eigenvalue weighted by atomic mass is 10.2. The Morgan fingerprint density at radius 2 is 1.88 bits per heavy atom. The highest BCUT2D eigenvalue weighted by atomic mass is 35.5. The van der Waals surface area contributed by atoms with Crippen LogP contribution >= 0.6 is 11.6 Å². The molecule has 2 N–H and O–H groups in total. The van der Waals surface area contributed by atoms with E-state index in [-0.39, 0.29) is 11.7 Å². The van der Waals surface area contributed by atoms with Crippen molar-refractivity contribution in [2.75, 3.05) is 42.9 Å². The number of rotatable bonds is 4. The first-order chi connectivity index (χ1) is 12.0. The molecule has 0 aliphatic carbocycles. The topological polar surface area (TPSA) is 36.8 Å². The molecule has 1 aliphatic heterocycles. The minimum Gasteiger partial charge on any atom is -0.360 e. The van der Waals surface area contributed by atoms with Crippen LogP contribution in [-0.4, -0.2) is 38.6 Å². The molecule has 6 heteroatoms. The van der Waals surface area contributed by atoms with Gasteiger partial charge in [0.15, 0.2) is 6.54 Å². The Bertz CT molecular complexity index is 743. The number of halogens is 2. The summed E-state index contributed by atoms with van der Waals surface area (Å²) in [6, 6.07) is 12.0. The quantitative estimate of drug-likeness (QED) is 0.874. The van der Waals surface area contributed by atoms with Crippen molar-refractivity contribution in [3.05, 3.63) is 58.9 Å². The van der Waals surface area contributed by atoms with Crippen LogP contribution < -0.4 is 15.1 Å². The van der Waals surface area contributed by atoms with Gasteiger partial charge in [-0.15, -0.1) is 0 Å². The summed E-state index contributed by atoms with van der Waals surface area (Å²) in [6.07, 6.45) is 0. The smallest absolute Gasteiger partial charge is 0.279 e. The molecule has 25 heavy (non-hydrogen) atoms. The van der Waals surface area contributed by atoms with Crippen LogP contribution in [0.3, 0.4) is 0 Å². The number of nitrogens with zero attached hydrogens (tertiary/aromatic N) is 1. The Hall–Kier alpha value is -2.11. The molecule has 0 spiro atoms. The number of nitrogens with one attached hydrogen (secondary N) is 2.